The first-order valence-electron chi connectivity index (χ1n) is 9.92. The van der Waals surface area contributed by atoms with Crippen molar-refractivity contribution in [2.75, 3.05) is 18.1 Å². The van der Waals surface area contributed by atoms with Gasteiger partial charge in [-0.1, -0.05) is 12.1 Å². The number of halogens is 3. The highest BCUT2D eigenvalue weighted by molar-refractivity contribution is 7.92. The molecule has 0 fully saturated rings. The van der Waals surface area contributed by atoms with Crippen molar-refractivity contribution in [3.05, 3.63) is 65.9 Å². The lowest BCUT2D eigenvalue weighted by atomic mass is 10.1. The summed E-state index contributed by atoms with van der Waals surface area (Å²) in [7, 11) is -3.10. The maximum Gasteiger partial charge on any atom is 0.417 e. The Balaban J connectivity index is 2.07. The number of nitrogens with two attached hydrogens (primary N) is 1. The van der Waals surface area contributed by atoms with Gasteiger partial charge in [0, 0.05) is 24.4 Å². The van der Waals surface area contributed by atoms with E-state index in [1.165, 1.54) is 33.0 Å². The number of carbonyl (C=O) groups excluding carboxylic acids is 1. The second kappa shape index (κ2) is 8.93. The summed E-state index contributed by atoms with van der Waals surface area (Å²) in [5.74, 6) is 0.0221. The molecule has 0 spiro atoms. The Bertz CT molecular complexity index is 1320. The van der Waals surface area contributed by atoms with Gasteiger partial charge in [-0.2, -0.15) is 13.2 Å². The van der Waals surface area contributed by atoms with Gasteiger partial charge < -0.3 is 16.4 Å². The van der Waals surface area contributed by atoms with E-state index in [0.29, 0.717) is 11.3 Å². The first-order chi connectivity index (χ1) is 15.8. The third-order valence-corrected chi connectivity index (χ3v) is 7.63. The number of urea groups is 1. The van der Waals surface area contributed by atoms with E-state index in [9.17, 15) is 26.4 Å². The van der Waals surface area contributed by atoms with E-state index in [2.05, 4.69) is 20.6 Å². The van der Waals surface area contributed by atoms with Crippen molar-refractivity contribution in [3.8, 4) is 11.4 Å². The third kappa shape index (κ3) is 4.81. The van der Waals surface area contributed by atoms with Gasteiger partial charge >= 0.3 is 12.2 Å². The first kappa shape index (κ1) is 25.0. The summed E-state index contributed by atoms with van der Waals surface area (Å²) in [4.78, 5) is 19.0. The maximum atomic E-state index is 13.5. The number of carbonyl (C=O) groups is 1. The van der Waals surface area contributed by atoms with Crippen LogP contribution in [0.1, 0.15) is 25.1 Å². The summed E-state index contributed by atoms with van der Waals surface area (Å²) in [6.45, 7) is 2.52. The Morgan fingerprint density at radius 1 is 1.00 bits per heavy atom. The van der Waals surface area contributed by atoms with E-state index < -0.39 is 37.3 Å². The number of nitrogens with zero attached hydrogens (tertiary/aromatic N) is 2. The quantitative estimate of drug-likeness (QED) is 0.489. The number of anilines is 2. The van der Waals surface area contributed by atoms with E-state index in [-0.39, 0.29) is 17.3 Å². The minimum absolute atomic E-state index is 0.0556. The van der Waals surface area contributed by atoms with Crippen molar-refractivity contribution in [2.24, 2.45) is 0 Å². The van der Waals surface area contributed by atoms with E-state index in [1.807, 2.05) is 0 Å². The van der Waals surface area contributed by atoms with Crippen LogP contribution in [0.15, 0.2) is 59.5 Å². The number of nitrogens with one attached hydrogen (secondary N) is 2. The zero-order chi connectivity index (χ0) is 25.3. The Labute approximate surface area is 194 Å². The molecule has 2 amide bonds. The van der Waals surface area contributed by atoms with Gasteiger partial charge in [0.1, 0.15) is 10.6 Å². The minimum Gasteiger partial charge on any atom is -0.384 e. The molecule has 12 heteroatoms. The zero-order valence-corrected chi connectivity index (χ0v) is 19.3. The van der Waals surface area contributed by atoms with Crippen LogP contribution in [0.4, 0.5) is 29.5 Å². The van der Waals surface area contributed by atoms with Crippen LogP contribution in [0, 0.1) is 0 Å². The smallest absolute Gasteiger partial charge is 0.384 e. The van der Waals surface area contributed by atoms with Crippen molar-refractivity contribution in [1.82, 2.24) is 15.3 Å². The molecule has 3 rings (SSSR count). The Morgan fingerprint density at radius 3 is 2.21 bits per heavy atom. The highest BCUT2D eigenvalue weighted by atomic mass is 32.2. The SMILES string of the molecule is CNC(=O)Nc1ccc(-c2nc(N)cc(C(C)(C)S(=O)(=O)c3ccccc3C(F)(F)F)n2)cc1. The Kier molecular flexibility index (Phi) is 6.56. The second-order valence-corrected chi connectivity index (χ2v) is 10.3. The normalized spacial score (nSPS) is 12.3. The number of nitrogen functional groups attached to an aromatic ring is 1. The van der Waals surface area contributed by atoms with Gasteiger partial charge in [-0.25, -0.2) is 23.2 Å². The number of hydrogen-bond acceptors (Lipinski definition) is 6. The molecule has 34 heavy (non-hydrogen) atoms. The Hall–Kier alpha value is -3.67. The molecule has 3 aromatic rings. The molecule has 2 aromatic carbocycles. The molecule has 0 aliphatic rings. The van der Waals surface area contributed by atoms with E-state index >= 15 is 0 Å². The summed E-state index contributed by atoms with van der Waals surface area (Å²) < 4.78 is 65.5. The number of sulfone groups is 1. The fourth-order valence-electron chi connectivity index (χ4n) is 3.15. The molecule has 0 unspecified atom stereocenters. The summed E-state index contributed by atoms with van der Waals surface area (Å²) in [6, 6.07) is 11.1. The van der Waals surface area contributed by atoms with Crippen molar-refractivity contribution in [1.29, 1.82) is 0 Å². The monoisotopic (exact) mass is 493 g/mol. The van der Waals surface area contributed by atoms with Gasteiger partial charge in [0.25, 0.3) is 0 Å². The van der Waals surface area contributed by atoms with Crippen LogP contribution in [0.25, 0.3) is 11.4 Å². The average molecular weight is 494 g/mol. The molecule has 1 heterocycles. The van der Waals surface area contributed by atoms with Crippen LogP contribution in [-0.2, 0) is 20.8 Å². The lowest BCUT2D eigenvalue weighted by Crippen LogP contribution is -2.32. The fraction of sp³-hybridized carbons (Fsp3) is 0.227. The molecule has 0 radical (unpaired) electrons. The molecule has 0 aliphatic carbocycles. The molecule has 0 bridgehead atoms. The number of amides is 2. The van der Waals surface area contributed by atoms with Crippen LogP contribution in [-0.4, -0.2) is 31.5 Å². The van der Waals surface area contributed by atoms with Crippen molar-refractivity contribution in [2.45, 2.75) is 29.7 Å². The summed E-state index contributed by atoms with van der Waals surface area (Å²) in [5, 5.41) is 5.00. The standard InChI is InChI=1S/C22H22F3N5O3S/c1-21(2,34(32,33)16-7-5-4-6-15(16)22(23,24)25)17-12-18(26)30-19(29-17)13-8-10-14(11-9-13)28-20(31)27-3/h4-12H,1-3H3,(H2,26,29,30)(H2,27,28,31). The van der Waals surface area contributed by atoms with Crippen molar-refractivity contribution in [3.63, 3.8) is 0 Å². The number of hydrogen-bond donors (Lipinski definition) is 3. The van der Waals surface area contributed by atoms with Crippen LogP contribution >= 0.6 is 0 Å². The van der Waals surface area contributed by atoms with Gasteiger partial charge in [-0.3, -0.25) is 0 Å². The summed E-state index contributed by atoms with van der Waals surface area (Å²) in [6.07, 6.45) is -4.86. The molecule has 0 aliphatic heterocycles. The predicted molar refractivity (Wildman–Crippen MR) is 122 cm³/mol. The number of aromatic nitrogens is 2. The van der Waals surface area contributed by atoms with Gasteiger partial charge in [0.15, 0.2) is 15.7 Å². The van der Waals surface area contributed by atoms with Gasteiger partial charge in [0.05, 0.1) is 16.2 Å². The Morgan fingerprint density at radius 2 is 1.62 bits per heavy atom. The van der Waals surface area contributed by atoms with Gasteiger partial charge in [-0.05, 0) is 50.2 Å². The lowest BCUT2D eigenvalue weighted by Gasteiger charge is -2.26. The predicted octanol–water partition coefficient (Wildman–Crippen LogP) is 4.20. The topological polar surface area (TPSA) is 127 Å². The van der Waals surface area contributed by atoms with Crippen molar-refractivity contribution >= 4 is 27.4 Å². The largest absolute Gasteiger partial charge is 0.417 e. The molecular weight excluding hydrogens is 471 g/mol. The van der Waals surface area contributed by atoms with Crippen molar-refractivity contribution < 1.29 is 26.4 Å². The van der Waals surface area contributed by atoms with Crippen LogP contribution in [0.5, 0.6) is 0 Å². The van der Waals surface area contributed by atoms with E-state index in [0.717, 1.165) is 18.2 Å². The van der Waals surface area contributed by atoms with Crippen LogP contribution in [0.3, 0.4) is 0 Å². The first-order valence-corrected chi connectivity index (χ1v) is 11.4. The second-order valence-electron chi connectivity index (χ2n) is 7.79. The van der Waals surface area contributed by atoms with E-state index in [1.54, 1.807) is 24.3 Å². The minimum atomic E-state index is -4.86. The molecule has 4 N–H and O–H groups in total. The van der Waals surface area contributed by atoms with Gasteiger partial charge in [0.2, 0.25) is 0 Å². The maximum absolute atomic E-state index is 13.5. The average Bonchev–Trinajstić information content (AvgIpc) is 2.78. The van der Waals surface area contributed by atoms with E-state index in [4.69, 9.17) is 5.73 Å². The molecular formula is C22H22F3N5O3S. The molecule has 0 saturated carbocycles. The molecule has 1 aromatic heterocycles. The number of alkyl halides is 3. The number of rotatable bonds is 5. The fourth-order valence-corrected chi connectivity index (χ4v) is 4.81. The molecule has 180 valence electrons. The molecule has 0 saturated heterocycles. The lowest BCUT2D eigenvalue weighted by molar-refractivity contribution is -0.139. The summed E-state index contributed by atoms with van der Waals surface area (Å²) >= 11 is 0. The highest BCUT2D eigenvalue weighted by Gasteiger charge is 2.45. The zero-order valence-electron chi connectivity index (χ0n) is 18.4. The van der Waals surface area contributed by atoms with Crippen LogP contribution in [0.2, 0.25) is 0 Å². The summed E-state index contributed by atoms with van der Waals surface area (Å²) in [5.41, 5.74) is 5.51. The molecule has 8 nitrogen and oxygen atoms in total. The number of benzene rings is 2. The highest BCUT2D eigenvalue weighted by Crippen LogP contribution is 2.41. The molecule has 0 atom stereocenters. The third-order valence-electron chi connectivity index (χ3n) is 5.14. The van der Waals surface area contributed by atoms with Gasteiger partial charge in [-0.15, -0.1) is 0 Å². The van der Waals surface area contributed by atoms with Crippen LogP contribution < -0.4 is 16.4 Å².